The molecule has 0 bridgehead atoms. The van der Waals surface area contributed by atoms with Gasteiger partial charge in [-0.25, -0.2) is 0 Å². The summed E-state index contributed by atoms with van der Waals surface area (Å²) in [5.74, 6) is 0.785. The lowest BCUT2D eigenvalue weighted by Gasteiger charge is -2.09. The fraction of sp³-hybridized carbons (Fsp3) is 0.545. The third-order valence-corrected chi connectivity index (χ3v) is 4.11. The molecular formula is C22H31F3O. The SMILES string of the molecule is CC/C=C\CCCCC[C@@H](C)/C=C/CCOc1cccc(C(F)(F)F)c1. The fourth-order valence-corrected chi connectivity index (χ4v) is 2.62. The van der Waals surface area contributed by atoms with Crippen LogP contribution in [0.15, 0.2) is 48.6 Å². The molecule has 1 rings (SSSR count). The van der Waals surface area contributed by atoms with E-state index in [1.165, 1.54) is 38.2 Å². The maximum absolute atomic E-state index is 12.6. The van der Waals surface area contributed by atoms with E-state index in [1.54, 1.807) is 6.07 Å². The van der Waals surface area contributed by atoms with Gasteiger partial charge < -0.3 is 4.74 Å². The van der Waals surface area contributed by atoms with Crippen molar-refractivity contribution < 1.29 is 17.9 Å². The van der Waals surface area contributed by atoms with Gasteiger partial charge in [0.25, 0.3) is 0 Å². The number of rotatable bonds is 12. The van der Waals surface area contributed by atoms with E-state index in [2.05, 4.69) is 38.2 Å². The molecule has 0 amide bonds. The van der Waals surface area contributed by atoms with Gasteiger partial charge in [0.2, 0.25) is 0 Å². The van der Waals surface area contributed by atoms with Gasteiger partial charge in [0.1, 0.15) is 5.75 Å². The molecule has 0 fully saturated rings. The van der Waals surface area contributed by atoms with Crippen LogP contribution in [0.25, 0.3) is 0 Å². The molecular weight excluding hydrogens is 337 g/mol. The highest BCUT2D eigenvalue weighted by Gasteiger charge is 2.30. The van der Waals surface area contributed by atoms with Crippen molar-refractivity contribution >= 4 is 0 Å². The fourth-order valence-electron chi connectivity index (χ4n) is 2.62. The Kier molecular flexibility index (Phi) is 10.8. The average molecular weight is 368 g/mol. The molecule has 0 heterocycles. The van der Waals surface area contributed by atoms with Gasteiger partial charge in [0, 0.05) is 0 Å². The molecule has 0 radical (unpaired) electrons. The first-order chi connectivity index (χ1) is 12.4. The van der Waals surface area contributed by atoms with Crippen LogP contribution in [0, 0.1) is 5.92 Å². The van der Waals surface area contributed by atoms with E-state index in [9.17, 15) is 13.2 Å². The smallest absolute Gasteiger partial charge is 0.416 e. The lowest BCUT2D eigenvalue weighted by atomic mass is 10.0. The van der Waals surface area contributed by atoms with Gasteiger partial charge in [-0.2, -0.15) is 13.2 Å². The zero-order chi connectivity index (χ0) is 19.3. The summed E-state index contributed by atoms with van der Waals surface area (Å²) in [7, 11) is 0. The molecule has 0 unspecified atom stereocenters. The number of unbranched alkanes of at least 4 members (excludes halogenated alkanes) is 3. The van der Waals surface area contributed by atoms with Gasteiger partial charge in [-0.1, -0.05) is 57.1 Å². The highest BCUT2D eigenvalue weighted by Crippen LogP contribution is 2.31. The Bertz CT molecular complexity index is 547. The van der Waals surface area contributed by atoms with Crippen LogP contribution in [-0.4, -0.2) is 6.61 Å². The van der Waals surface area contributed by atoms with Gasteiger partial charge in [-0.3, -0.25) is 0 Å². The topological polar surface area (TPSA) is 9.23 Å². The third-order valence-electron chi connectivity index (χ3n) is 4.11. The molecule has 0 N–H and O–H groups in total. The molecule has 0 saturated heterocycles. The Morgan fingerprint density at radius 2 is 1.85 bits per heavy atom. The van der Waals surface area contributed by atoms with Gasteiger partial charge in [-0.05, 0) is 56.2 Å². The molecule has 1 aromatic rings. The number of hydrogen-bond donors (Lipinski definition) is 0. The van der Waals surface area contributed by atoms with E-state index < -0.39 is 11.7 Å². The summed E-state index contributed by atoms with van der Waals surface area (Å²) < 4.78 is 43.3. The Morgan fingerprint density at radius 1 is 1.04 bits per heavy atom. The summed E-state index contributed by atoms with van der Waals surface area (Å²) in [5.41, 5.74) is -0.677. The molecule has 1 atom stereocenters. The Labute approximate surface area is 156 Å². The Morgan fingerprint density at radius 3 is 2.58 bits per heavy atom. The normalized spacial score (nSPS) is 13.6. The van der Waals surface area contributed by atoms with Crippen LogP contribution in [0.3, 0.4) is 0 Å². The minimum Gasteiger partial charge on any atom is -0.493 e. The van der Waals surface area contributed by atoms with Crippen molar-refractivity contribution in [1.29, 1.82) is 0 Å². The van der Waals surface area contributed by atoms with Crippen LogP contribution in [0.2, 0.25) is 0 Å². The predicted molar refractivity (Wildman–Crippen MR) is 102 cm³/mol. The van der Waals surface area contributed by atoms with Crippen LogP contribution in [0.5, 0.6) is 5.75 Å². The maximum Gasteiger partial charge on any atom is 0.416 e. The van der Waals surface area contributed by atoms with Crippen molar-refractivity contribution in [3.8, 4) is 5.75 Å². The van der Waals surface area contributed by atoms with Crippen molar-refractivity contribution in [1.82, 2.24) is 0 Å². The first-order valence-corrected chi connectivity index (χ1v) is 9.55. The van der Waals surface area contributed by atoms with Crippen LogP contribution in [0.4, 0.5) is 13.2 Å². The Balaban J connectivity index is 2.16. The number of alkyl halides is 3. The van der Waals surface area contributed by atoms with Crippen molar-refractivity contribution in [2.24, 2.45) is 5.92 Å². The molecule has 0 saturated carbocycles. The largest absolute Gasteiger partial charge is 0.493 e. The highest BCUT2D eigenvalue weighted by atomic mass is 19.4. The minimum absolute atomic E-state index is 0.262. The zero-order valence-electron chi connectivity index (χ0n) is 15.9. The molecule has 0 aromatic heterocycles. The van der Waals surface area contributed by atoms with Crippen LogP contribution < -0.4 is 4.74 Å². The quantitative estimate of drug-likeness (QED) is 0.273. The predicted octanol–water partition coefficient (Wildman–Crippen LogP) is 7.58. The van der Waals surface area contributed by atoms with Crippen LogP contribution in [0.1, 0.15) is 64.4 Å². The number of halogens is 3. The van der Waals surface area contributed by atoms with Gasteiger partial charge in [0.05, 0.1) is 12.2 Å². The molecule has 4 heteroatoms. The van der Waals surface area contributed by atoms with Crippen molar-refractivity contribution in [3.63, 3.8) is 0 Å². The molecule has 0 aliphatic heterocycles. The second-order valence-electron chi connectivity index (χ2n) is 6.59. The monoisotopic (exact) mass is 368 g/mol. The molecule has 146 valence electrons. The molecule has 0 aliphatic carbocycles. The summed E-state index contributed by atoms with van der Waals surface area (Å²) in [6.07, 6.45) is 12.3. The summed E-state index contributed by atoms with van der Waals surface area (Å²) in [6.45, 7) is 4.73. The number of allylic oxidation sites excluding steroid dienone is 3. The first kappa shape index (κ1) is 22.3. The average Bonchev–Trinajstić information content (AvgIpc) is 2.60. The third kappa shape index (κ3) is 10.3. The van der Waals surface area contributed by atoms with Gasteiger partial charge >= 0.3 is 6.18 Å². The molecule has 1 aromatic carbocycles. The summed E-state index contributed by atoms with van der Waals surface area (Å²) >= 11 is 0. The number of hydrogen-bond acceptors (Lipinski definition) is 1. The van der Waals surface area contributed by atoms with Crippen molar-refractivity contribution in [2.45, 2.75) is 65.0 Å². The first-order valence-electron chi connectivity index (χ1n) is 9.55. The van der Waals surface area contributed by atoms with Gasteiger partial charge in [-0.15, -0.1) is 0 Å². The summed E-state index contributed by atoms with van der Waals surface area (Å²) in [6, 6.07) is 5.02. The lowest BCUT2D eigenvalue weighted by molar-refractivity contribution is -0.137. The highest BCUT2D eigenvalue weighted by molar-refractivity contribution is 5.30. The van der Waals surface area contributed by atoms with E-state index >= 15 is 0 Å². The summed E-state index contributed by atoms with van der Waals surface area (Å²) in [5, 5.41) is 0. The van der Waals surface area contributed by atoms with Gasteiger partial charge in [0.15, 0.2) is 0 Å². The number of ether oxygens (including phenoxy) is 1. The maximum atomic E-state index is 12.6. The van der Waals surface area contributed by atoms with Crippen molar-refractivity contribution in [3.05, 3.63) is 54.1 Å². The van der Waals surface area contributed by atoms with Crippen LogP contribution >= 0.6 is 0 Å². The second-order valence-corrected chi connectivity index (χ2v) is 6.59. The van der Waals surface area contributed by atoms with Crippen LogP contribution in [-0.2, 0) is 6.18 Å². The van der Waals surface area contributed by atoms with E-state index in [0.29, 0.717) is 18.9 Å². The standard InChI is InChI=1S/C22H31F3O/c1-3-4-5-6-7-8-9-13-19(2)14-10-11-17-26-21-16-12-15-20(18-21)22(23,24)25/h4-5,10,12,14-16,18-19H,3,6-9,11,13,17H2,1-2H3/b5-4-,14-10+/t19-/m1/s1. The molecule has 26 heavy (non-hydrogen) atoms. The zero-order valence-corrected chi connectivity index (χ0v) is 15.9. The van der Waals surface area contributed by atoms with E-state index in [1.807, 2.05) is 0 Å². The second kappa shape index (κ2) is 12.6. The summed E-state index contributed by atoms with van der Waals surface area (Å²) in [4.78, 5) is 0. The molecule has 0 spiro atoms. The Hall–Kier alpha value is -1.71. The number of benzene rings is 1. The minimum atomic E-state index is -4.33. The van der Waals surface area contributed by atoms with E-state index in [4.69, 9.17) is 4.74 Å². The van der Waals surface area contributed by atoms with E-state index in [0.717, 1.165) is 18.6 Å². The van der Waals surface area contributed by atoms with Crippen molar-refractivity contribution in [2.75, 3.05) is 6.61 Å². The molecule has 1 nitrogen and oxygen atoms in total. The molecule has 0 aliphatic rings. The van der Waals surface area contributed by atoms with E-state index in [-0.39, 0.29) is 5.75 Å². The lowest BCUT2D eigenvalue weighted by Crippen LogP contribution is -2.05.